The molecule has 0 spiro atoms. The Kier molecular flexibility index (Phi) is 12.4. The van der Waals surface area contributed by atoms with Crippen molar-refractivity contribution in [3.8, 4) is 5.75 Å². The lowest BCUT2D eigenvalue weighted by molar-refractivity contribution is -0.147. The van der Waals surface area contributed by atoms with Crippen molar-refractivity contribution in [3.05, 3.63) is 103 Å². The maximum absolute atomic E-state index is 14.2. The number of carbonyl (C=O) groups excluding carboxylic acids is 1. The Balaban J connectivity index is 1.52. The predicted octanol–water partition coefficient (Wildman–Crippen LogP) is 5.16. The minimum absolute atomic E-state index is 0.00333. The number of aliphatic hydroxyl groups is 1. The topological polar surface area (TPSA) is 158 Å². The van der Waals surface area contributed by atoms with Crippen LogP contribution in [0.5, 0.6) is 5.75 Å². The third kappa shape index (κ3) is 9.98. The summed E-state index contributed by atoms with van der Waals surface area (Å²) in [4.78, 5) is 41.5. The molecule has 242 valence electrons. The zero-order chi connectivity index (χ0) is 32.6. The number of aromatic nitrogens is 2. The Morgan fingerprint density at radius 3 is 2.60 bits per heavy atom. The van der Waals surface area contributed by atoms with E-state index in [9.17, 15) is 24.1 Å². The molecule has 45 heavy (non-hydrogen) atoms. The molecular formula is C30H34BrClN3O9P. The van der Waals surface area contributed by atoms with Crippen molar-refractivity contribution in [1.29, 1.82) is 0 Å². The molecule has 0 aliphatic carbocycles. The van der Waals surface area contributed by atoms with Crippen LogP contribution < -0.4 is 20.9 Å². The molecule has 3 aromatic rings. The van der Waals surface area contributed by atoms with Crippen molar-refractivity contribution < 1.29 is 33.0 Å². The number of ether oxygens (including phenoxy) is 2. The highest BCUT2D eigenvalue weighted by molar-refractivity contribution is 9.11. The number of hydrogen-bond donors (Lipinski definition) is 3. The van der Waals surface area contributed by atoms with Crippen molar-refractivity contribution >= 4 is 47.3 Å². The van der Waals surface area contributed by atoms with E-state index in [1.165, 1.54) is 41.5 Å². The van der Waals surface area contributed by atoms with Crippen LogP contribution in [0.2, 0.25) is 5.02 Å². The van der Waals surface area contributed by atoms with Crippen LogP contribution in [0.1, 0.15) is 44.0 Å². The second-order valence-electron chi connectivity index (χ2n) is 10.7. The van der Waals surface area contributed by atoms with Crippen LogP contribution in [-0.2, 0) is 30.0 Å². The molecule has 2 unspecified atom stereocenters. The Bertz CT molecular complexity index is 1630. The molecule has 1 aliphatic rings. The van der Waals surface area contributed by atoms with Gasteiger partial charge in [0.05, 0.1) is 18.3 Å². The smallest absolute Gasteiger partial charge is 0.459 e. The van der Waals surface area contributed by atoms with E-state index in [-0.39, 0.29) is 36.7 Å². The monoisotopic (exact) mass is 725 g/mol. The van der Waals surface area contributed by atoms with Crippen LogP contribution in [0.4, 0.5) is 0 Å². The van der Waals surface area contributed by atoms with E-state index in [4.69, 9.17) is 30.1 Å². The van der Waals surface area contributed by atoms with Gasteiger partial charge in [-0.3, -0.25) is 23.7 Å². The first-order valence-electron chi connectivity index (χ1n) is 14.1. The molecule has 0 saturated carbocycles. The Hall–Kier alpha value is -3.03. The zero-order valence-electron chi connectivity index (χ0n) is 24.5. The summed E-state index contributed by atoms with van der Waals surface area (Å²) in [6, 6.07) is 14.1. The summed E-state index contributed by atoms with van der Waals surface area (Å²) in [6.45, 7) is 3.37. The van der Waals surface area contributed by atoms with E-state index >= 15 is 0 Å². The maximum Gasteiger partial charge on any atom is 0.459 e. The van der Waals surface area contributed by atoms with Gasteiger partial charge in [-0.25, -0.2) is 9.36 Å². The third-order valence-electron chi connectivity index (χ3n) is 6.73. The first-order valence-corrected chi connectivity index (χ1v) is 16.9. The lowest BCUT2D eigenvalue weighted by Crippen LogP contribution is -2.39. The van der Waals surface area contributed by atoms with Gasteiger partial charge in [0.1, 0.15) is 30.7 Å². The van der Waals surface area contributed by atoms with Gasteiger partial charge in [0.15, 0.2) is 0 Å². The molecule has 0 radical (unpaired) electrons. The highest BCUT2D eigenvalue weighted by atomic mass is 79.9. The first kappa shape index (κ1) is 34.8. The normalized spacial score (nSPS) is 20.3. The summed E-state index contributed by atoms with van der Waals surface area (Å²) >= 11 is 9.10. The molecule has 15 heteroatoms. The van der Waals surface area contributed by atoms with Gasteiger partial charge in [-0.2, -0.15) is 5.09 Å². The number of aromatic amines is 1. The molecular weight excluding hydrogens is 693 g/mol. The lowest BCUT2D eigenvalue weighted by atomic mass is 10.1. The van der Waals surface area contributed by atoms with Gasteiger partial charge in [-0.15, -0.1) is 0 Å². The number of rotatable bonds is 14. The third-order valence-corrected chi connectivity index (χ3v) is 8.81. The quantitative estimate of drug-likeness (QED) is 0.150. The van der Waals surface area contributed by atoms with Crippen molar-refractivity contribution in [2.24, 2.45) is 5.92 Å². The molecule has 12 nitrogen and oxygen atoms in total. The van der Waals surface area contributed by atoms with Crippen LogP contribution in [-0.4, -0.2) is 45.5 Å². The fraction of sp³-hybridized carbons (Fsp3) is 0.367. The first-order chi connectivity index (χ1) is 21.5. The second-order valence-corrected chi connectivity index (χ2v) is 13.4. The summed E-state index contributed by atoms with van der Waals surface area (Å²) < 4.78 is 38.3. The average molecular weight is 727 g/mol. The summed E-state index contributed by atoms with van der Waals surface area (Å²) in [5, 5.41) is 13.9. The van der Waals surface area contributed by atoms with Crippen LogP contribution in [0.25, 0.3) is 6.08 Å². The SMILES string of the molecule is CC(C)C[C@H](NP(=O)(OC[C@H]1O[C@@H](n2cc(C=CBr)c(=O)[nH]c2=O)CC1O)Oc1ccc(Cl)cc1)C(=O)OCc1ccccc1. The molecule has 5 atom stereocenters. The van der Waals surface area contributed by atoms with E-state index in [1.807, 2.05) is 44.2 Å². The van der Waals surface area contributed by atoms with E-state index in [0.29, 0.717) is 5.02 Å². The highest BCUT2D eigenvalue weighted by Gasteiger charge is 2.40. The Morgan fingerprint density at radius 2 is 1.93 bits per heavy atom. The number of halogens is 2. The van der Waals surface area contributed by atoms with Gasteiger partial charge in [-0.1, -0.05) is 71.7 Å². The molecule has 1 aliphatic heterocycles. The number of benzene rings is 2. The van der Waals surface area contributed by atoms with Gasteiger partial charge in [-0.05, 0) is 53.2 Å². The van der Waals surface area contributed by atoms with Crippen LogP contribution >= 0.6 is 35.3 Å². The van der Waals surface area contributed by atoms with E-state index in [1.54, 1.807) is 0 Å². The molecule has 3 N–H and O–H groups in total. The minimum Gasteiger partial charge on any atom is -0.460 e. The average Bonchev–Trinajstić information content (AvgIpc) is 3.37. The number of aliphatic hydroxyl groups excluding tert-OH is 1. The molecule has 1 fully saturated rings. The van der Waals surface area contributed by atoms with Gasteiger partial charge < -0.3 is 19.1 Å². The molecule has 0 bridgehead atoms. The number of nitrogens with zero attached hydrogens (tertiary/aromatic N) is 1. The standard InChI is InChI=1S/C30H34BrClN3O9P/c1-19(2)14-24(29(38)41-17-20-6-4-3-5-7-20)34-45(40,44-23-10-8-22(32)9-11-23)42-18-26-25(36)15-27(43-26)35-16-21(12-13-31)28(37)33-30(35)39/h3-13,16,19,24-27,36H,14-15,17-18H2,1-2H3,(H,34,40)(H,33,37,39)/t24-,25?,26+,27+,45?/m0/s1. The summed E-state index contributed by atoms with van der Waals surface area (Å²) in [5.41, 5.74) is -0.348. The van der Waals surface area contributed by atoms with E-state index < -0.39 is 56.0 Å². The molecule has 0 amide bonds. The molecule has 1 saturated heterocycles. The van der Waals surface area contributed by atoms with Gasteiger partial charge in [0, 0.05) is 17.6 Å². The van der Waals surface area contributed by atoms with Crippen molar-refractivity contribution in [3.63, 3.8) is 0 Å². The van der Waals surface area contributed by atoms with Gasteiger partial charge >= 0.3 is 19.4 Å². The Labute approximate surface area is 273 Å². The van der Waals surface area contributed by atoms with Gasteiger partial charge in [0.25, 0.3) is 5.56 Å². The summed E-state index contributed by atoms with van der Waals surface area (Å²) in [6.07, 6.45) is -0.128. The maximum atomic E-state index is 14.2. The molecule has 1 aromatic heterocycles. The second kappa shape index (κ2) is 16.0. The molecule has 4 rings (SSSR count). The van der Waals surface area contributed by atoms with Crippen LogP contribution in [0.3, 0.4) is 0 Å². The van der Waals surface area contributed by atoms with Crippen LogP contribution in [0, 0.1) is 5.92 Å². The van der Waals surface area contributed by atoms with Gasteiger partial charge in [0.2, 0.25) is 0 Å². The highest BCUT2D eigenvalue weighted by Crippen LogP contribution is 2.46. The molecule has 2 aromatic carbocycles. The van der Waals surface area contributed by atoms with Crippen molar-refractivity contribution in [2.75, 3.05) is 6.61 Å². The number of carbonyl (C=O) groups is 1. The Morgan fingerprint density at radius 1 is 1.22 bits per heavy atom. The minimum atomic E-state index is -4.34. The van der Waals surface area contributed by atoms with Crippen LogP contribution in [0.15, 0.2) is 75.4 Å². The fourth-order valence-electron chi connectivity index (χ4n) is 4.53. The fourth-order valence-corrected chi connectivity index (χ4v) is 6.45. The van der Waals surface area contributed by atoms with Crippen molar-refractivity contribution in [2.45, 2.75) is 57.8 Å². The van der Waals surface area contributed by atoms with Crippen molar-refractivity contribution in [1.82, 2.24) is 14.6 Å². The number of hydrogen-bond acceptors (Lipinski definition) is 9. The zero-order valence-corrected chi connectivity index (χ0v) is 27.7. The van der Waals surface area contributed by atoms with E-state index in [2.05, 4.69) is 26.0 Å². The largest absolute Gasteiger partial charge is 0.460 e. The lowest BCUT2D eigenvalue weighted by Gasteiger charge is -2.27. The van der Waals surface area contributed by atoms with E-state index in [0.717, 1.165) is 10.1 Å². The summed E-state index contributed by atoms with van der Waals surface area (Å²) in [7, 11) is -4.34. The number of esters is 1. The summed E-state index contributed by atoms with van der Waals surface area (Å²) in [5.74, 6) is -0.510. The predicted molar refractivity (Wildman–Crippen MR) is 172 cm³/mol. The number of nitrogens with one attached hydrogen (secondary N) is 2. The molecule has 2 heterocycles. The number of H-pyrrole nitrogens is 1.